The van der Waals surface area contributed by atoms with Crippen LogP contribution in [0.3, 0.4) is 0 Å². The van der Waals surface area contributed by atoms with E-state index in [2.05, 4.69) is 49.9 Å². The number of nitrogens with two attached hydrogens (primary N) is 1. The standard InChI is InChI=1S/C15H25N3S/c1-5-8-18(10-9-17(3)4)13-6-7-14(15(16)19)12(2)11-13/h6-7,11H,5,8-10H2,1-4H3,(H2,16,19). The molecule has 106 valence electrons. The van der Waals surface area contributed by atoms with Gasteiger partial charge in [-0.2, -0.15) is 0 Å². The highest BCUT2D eigenvalue weighted by atomic mass is 32.1. The molecular formula is C15H25N3S. The summed E-state index contributed by atoms with van der Waals surface area (Å²) < 4.78 is 0. The maximum Gasteiger partial charge on any atom is 0.104 e. The van der Waals surface area contributed by atoms with Crippen molar-refractivity contribution in [3.05, 3.63) is 29.3 Å². The third-order valence-corrected chi connectivity index (χ3v) is 3.37. The lowest BCUT2D eigenvalue weighted by atomic mass is 10.1. The number of thiocarbonyl (C=S) groups is 1. The molecule has 0 heterocycles. The molecule has 0 atom stereocenters. The zero-order valence-corrected chi connectivity index (χ0v) is 13.3. The normalized spacial score (nSPS) is 10.8. The van der Waals surface area contributed by atoms with Gasteiger partial charge in [-0.05, 0) is 51.2 Å². The monoisotopic (exact) mass is 279 g/mol. The van der Waals surface area contributed by atoms with Crippen LogP contribution < -0.4 is 10.6 Å². The van der Waals surface area contributed by atoms with E-state index < -0.39 is 0 Å². The first-order valence-electron chi connectivity index (χ1n) is 6.75. The summed E-state index contributed by atoms with van der Waals surface area (Å²) in [5.74, 6) is 0. The quantitative estimate of drug-likeness (QED) is 0.777. The van der Waals surface area contributed by atoms with Crippen molar-refractivity contribution in [2.75, 3.05) is 38.6 Å². The van der Waals surface area contributed by atoms with Crippen LogP contribution in [0.4, 0.5) is 5.69 Å². The molecule has 0 aromatic heterocycles. The second-order valence-corrected chi connectivity index (χ2v) is 5.59. The molecule has 0 aliphatic carbocycles. The fourth-order valence-electron chi connectivity index (χ4n) is 2.08. The fourth-order valence-corrected chi connectivity index (χ4v) is 2.31. The van der Waals surface area contributed by atoms with Crippen molar-refractivity contribution in [1.29, 1.82) is 0 Å². The average Bonchev–Trinajstić information content (AvgIpc) is 2.33. The van der Waals surface area contributed by atoms with Gasteiger partial charge in [-0.15, -0.1) is 0 Å². The van der Waals surface area contributed by atoms with Gasteiger partial charge in [0, 0.05) is 30.9 Å². The Hall–Kier alpha value is -1.13. The Morgan fingerprint density at radius 3 is 2.37 bits per heavy atom. The summed E-state index contributed by atoms with van der Waals surface area (Å²) in [7, 11) is 4.21. The molecule has 0 bridgehead atoms. The summed E-state index contributed by atoms with van der Waals surface area (Å²) in [6.45, 7) is 7.43. The van der Waals surface area contributed by atoms with Crippen molar-refractivity contribution >= 4 is 22.9 Å². The van der Waals surface area contributed by atoms with Crippen LogP contribution in [-0.2, 0) is 0 Å². The molecule has 1 aromatic rings. The van der Waals surface area contributed by atoms with Gasteiger partial charge in [-0.1, -0.05) is 19.1 Å². The molecule has 0 fully saturated rings. The van der Waals surface area contributed by atoms with Gasteiger partial charge in [-0.3, -0.25) is 0 Å². The van der Waals surface area contributed by atoms with E-state index in [1.54, 1.807) is 0 Å². The van der Waals surface area contributed by atoms with Crippen LogP contribution in [0.15, 0.2) is 18.2 Å². The summed E-state index contributed by atoms with van der Waals surface area (Å²) in [6, 6.07) is 6.33. The molecule has 0 unspecified atom stereocenters. The molecule has 2 N–H and O–H groups in total. The topological polar surface area (TPSA) is 32.5 Å². The fraction of sp³-hybridized carbons (Fsp3) is 0.533. The summed E-state index contributed by atoms with van der Waals surface area (Å²) in [5, 5.41) is 0. The van der Waals surface area contributed by atoms with Crippen molar-refractivity contribution < 1.29 is 0 Å². The van der Waals surface area contributed by atoms with Crippen LogP contribution in [0, 0.1) is 6.92 Å². The van der Waals surface area contributed by atoms with Gasteiger partial charge >= 0.3 is 0 Å². The maximum absolute atomic E-state index is 5.71. The SMILES string of the molecule is CCCN(CCN(C)C)c1ccc(C(N)=S)c(C)c1. The summed E-state index contributed by atoms with van der Waals surface area (Å²) in [4.78, 5) is 5.09. The Bertz CT molecular complexity index is 429. The molecule has 0 aliphatic rings. The molecule has 0 saturated heterocycles. The van der Waals surface area contributed by atoms with E-state index in [-0.39, 0.29) is 0 Å². The summed E-state index contributed by atoms with van der Waals surface area (Å²) in [6.07, 6.45) is 1.14. The Labute approximate surface area is 122 Å². The van der Waals surface area contributed by atoms with Gasteiger partial charge in [0.15, 0.2) is 0 Å². The van der Waals surface area contributed by atoms with E-state index in [4.69, 9.17) is 18.0 Å². The second-order valence-electron chi connectivity index (χ2n) is 5.15. The Morgan fingerprint density at radius 1 is 1.21 bits per heavy atom. The number of nitrogens with zero attached hydrogens (tertiary/aromatic N) is 2. The van der Waals surface area contributed by atoms with Gasteiger partial charge in [0.2, 0.25) is 0 Å². The minimum absolute atomic E-state index is 0.472. The van der Waals surface area contributed by atoms with E-state index in [1.807, 2.05) is 6.07 Å². The van der Waals surface area contributed by atoms with E-state index in [0.717, 1.165) is 37.2 Å². The molecule has 1 rings (SSSR count). The number of likely N-dealkylation sites (N-methyl/N-ethyl adjacent to an activating group) is 1. The van der Waals surface area contributed by atoms with E-state index in [1.165, 1.54) is 5.69 Å². The smallest absolute Gasteiger partial charge is 0.104 e. The number of hydrogen-bond donors (Lipinski definition) is 1. The van der Waals surface area contributed by atoms with Crippen LogP contribution in [0.1, 0.15) is 24.5 Å². The zero-order chi connectivity index (χ0) is 14.4. The van der Waals surface area contributed by atoms with Crippen molar-refractivity contribution in [2.45, 2.75) is 20.3 Å². The number of benzene rings is 1. The van der Waals surface area contributed by atoms with Gasteiger partial charge in [-0.25, -0.2) is 0 Å². The molecule has 1 aromatic carbocycles. The second kappa shape index (κ2) is 7.46. The van der Waals surface area contributed by atoms with Crippen molar-refractivity contribution in [3.8, 4) is 0 Å². The number of rotatable bonds is 7. The predicted molar refractivity (Wildman–Crippen MR) is 88.1 cm³/mol. The van der Waals surface area contributed by atoms with Crippen LogP contribution in [0.25, 0.3) is 0 Å². The Kier molecular flexibility index (Phi) is 6.25. The molecule has 3 nitrogen and oxygen atoms in total. The van der Waals surface area contributed by atoms with Gasteiger partial charge in [0.05, 0.1) is 0 Å². The Balaban J connectivity index is 2.90. The molecule has 0 spiro atoms. The number of anilines is 1. The third kappa shape index (κ3) is 4.80. The lowest BCUT2D eigenvalue weighted by molar-refractivity contribution is 0.413. The first-order valence-corrected chi connectivity index (χ1v) is 7.16. The van der Waals surface area contributed by atoms with Crippen molar-refractivity contribution in [2.24, 2.45) is 5.73 Å². The third-order valence-electron chi connectivity index (χ3n) is 3.15. The number of aryl methyl sites for hydroxylation is 1. The average molecular weight is 279 g/mol. The van der Waals surface area contributed by atoms with E-state index in [0.29, 0.717) is 4.99 Å². The minimum Gasteiger partial charge on any atom is -0.389 e. The molecule has 4 heteroatoms. The van der Waals surface area contributed by atoms with Crippen molar-refractivity contribution in [1.82, 2.24) is 4.90 Å². The molecule has 0 radical (unpaired) electrons. The molecule has 0 saturated carbocycles. The van der Waals surface area contributed by atoms with E-state index >= 15 is 0 Å². The van der Waals surface area contributed by atoms with Gasteiger partial charge in [0.25, 0.3) is 0 Å². The van der Waals surface area contributed by atoms with Gasteiger partial charge in [0.1, 0.15) is 4.99 Å². The highest BCUT2D eigenvalue weighted by Crippen LogP contribution is 2.19. The largest absolute Gasteiger partial charge is 0.389 e. The summed E-state index contributed by atoms with van der Waals surface area (Å²) in [5.41, 5.74) is 9.08. The molecular weight excluding hydrogens is 254 g/mol. The van der Waals surface area contributed by atoms with Crippen LogP contribution in [0.2, 0.25) is 0 Å². The first kappa shape index (κ1) is 15.9. The molecule has 19 heavy (non-hydrogen) atoms. The lowest BCUT2D eigenvalue weighted by Crippen LogP contribution is -2.32. The highest BCUT2D eigenvalue weighted by molar-refractivity contribution is 7.80. The van der Waals surface area contributed by atoms with E-state index in [9.17, 15) is 0 Å². The predicted octanol–water partition coefficient (Wildman–Crippen LogP) is 2.41. The van der Waals surface area contributed by atoms with Crippen LogP contribution >= 0.6 is 12.2 Å². The zero-order valence-electron chi connectivity index (χ0n) is 12.4. The highest BCUT2D eigenvalue weighted by Gasteiger charge is 2.09. The van der Waals surface area contributed by atoms with Crippen LogP contribution in [-0.4, -0.2) is 43.6 Å². The summed E-state index contributed by atoms with van der Waals surface area (Å²) >= 11 is 5.05. The minimum atomic E-state index is 0.472. The first-order chi connectivity index (χ1) is 8.95. The Morgan fingerprint density at radius 2 is 1.89 bits per heavy atom. The maximum atomic E-state index is 5.71. The lowest BCUT2D eigenvalue weighted by Gasteiger charge is -2.26. The number of hydrogen-bond acceptors (Lipinski definition) is 3. The van der Waals surface area contributed by atoms with Gasteiger partial charge < -0.3 is 15.5 Å². The molecule has 0 amide bonds. The van der Waals surface area contributed by atoms with Crippen LogP contribution in [0.5, 0.6) is 0 Å². The molecule has 0 aliphatic heterocycles. The van der Waals surface area contributed by atoms with Crippen molar-refractivity contribution in [3.63, 3.8) is 0 Å².